The number of aromatic carboxylic acids is 1. The Kier molecular flexibility index (Phi) is 9.91. The Hall–Kier alpha value is -4.77. The molecule has 0 aromatic carbocycles. The number of rotatable bonds is 13. The predicted octanol–water partition coefficient (Wildman–Crippen LogP) is -0.367. The van der Waals surface area contributed by atoms with Gasteiger partial charge >= 0.3 is 11.9 Å². The van der Waals surface area contributed by atoms with E-state index in [9.17, 15) is 34.2 Å². The third kappa shape index (κ3) is 6.64. The number of hydrazine groups is 1. The lowest BCUT2D eigenvalue weighted by molar-refractivity contribution is -0.150. The second-order valence-corrected chi connectivity index (χ2v) is 13.6. The van der Waals surface area contributed by atoms with Gasteiger partial charge in [-0.05, 0) is 25.5 Å². The summed E-state index contributed by atoms with van der Waals surface area (Å²) in [7, 11) is 1.47. The SMILES string of the molecule is COCc1cc(SCC2=C(C(=O)O)N3C(=O)C(NC(=O)C(=NOC(C)(C)C(=O)NN)c4csc(N)n4)[C@@H]3SC2)nc2c(C(=O)O)cnn12. The highest BCUT2D eigenvalue weighted by molar-refractivity contribution is 8.01. The van der Waals surface area contributed by atoms with Crippen LogP contribution in [-0.2, 0) is 35.4 Å². The van der Waals surface area contributed by atoms with E-state index in [1.807, 2.05) is 5.43 Å². The Morgan fingerprint density at radius 3 is 2.60 bits per heavy atom. The van der Waals surface area contributed by atoms with Gasteiger partial charge in [0.15, 0.2) is 16.5 Å². The van der Waals surface area contributed by atoms with Gasteiger partial charge in [-0.1, -0.05) is 5.16 Å². The Morgan fingerprint density at radius 2 is 1.98 bits per heavy atom. The summed E-state index contributed by atoms with van der Waals surface area (Å²) in [6.07, 6.45) is 1.18. The zero-order chi connectivity index (χ0) is 34.9. The topological polar surface area (TPSA) is 279 Å². The van der Waals surface area contributed by atoms with Crippen molar-refractivity contribution in [2.45, 2.75) is 42.5 Å². The maximum absolute atomic E-state index is 13.4. The second-order valence-electron chi connectivity index (χ2n) is 10.6. The standard InChI is InChI=1S/C26H28N10O9S3/c1-26(2,24(43)33-28)45-34-15(13-9-48-25(27)30-13)19(37)32-16-20(38)35-17(23(41)42)10(8-47-21(16)35)7-46-14-4-11(6-44-3)36-18(31-14)12(5-29-36)22(39)40/h4-5,9,16,21H,6-8,28H2,1-3H3,(H2,27,30)(H,32,37)(H,33,43)(H,39,40)(H,41,42)/t16?,21-/m0/s1. The van der Waals surface area contributed by atoms with E-state index in [1.165, 1.54) is 48.8 Å². The number of nitrogens with one attached hydrogen (secondary N) is 2. The van der Waals surface area contributed by atoms with Crippen LogP contribution in [0.5, 0.6) is 0 Å². The molecule has 1 fully saturated rings. The van der Waals surface area contributed by atoms with Crippen LogP contribution >= 0.6 is 34.9 Å². The molecule has 48 heavy (non-hydrogen) atoms. The minimum Gasteiger partial charge on any atom is -0.477 e. The molecular weight excluding hydrogens is 693 g/mol. The number of aromatic nitrogens is 4. The molecule has 22 heteroatoms. The van der Waals surface area contributed by atoms with Gasteiger partial charge < -0.3 is 30.8 Å². The fraction of sp³-hybridized carbons (Fsp3) is 0.346. The zero-order valence-corrected chi connectivity index (χ0v) is 27.8. The van der Waals surface area contributed by atoms with Crippen LogP contribution in [0.15, 0.2) is 39.1 Å². The molecule has 2 aliphatic heterocycles. The molecule has 8 N–H and O–H groups in total. The van der Waals surface area contributed by atoms with Crippen LogP contribution in [0.2, 0.25) is 0 Å². The first-order valence-corrected chi connectivity index (χ1v) is 16.6. The van der Waals surface area contributed by atoms with Crippen LogP contribution in [0.25, 0.3) is 5.65 Å². The number of fused-ring (bicyclic) bond motifs is 2. The third-order valence-corrected chi connectivity index (χ3v) is 10.0. The molecule has 0 spiro atoms. The largest absolute Gasteiger partial charge is 0.477 e. The van der Waals surface area contributed by atoms with Gasteiger partial charge in [-0.15, -0.1) is 34.9 Å². The van der Waals surface area contributed by atoms with Crippen molar-refractivity contribution >= 4 is 81.0 Å². The number of hydrogen-bond acceptors (Lipinski definition) is 16. The fourth-order valence-corrected chi connectivity index (χ4v) is 7.57. The van der Waals surface area contributed by atoms with Crippen molar-refractivity contribution in [3.8, 4) is 0 Å². The number of thioether (sulfide) groups is 2. The van der Waals surface area contributed by atoms with Gasteiger partial charge in [0.05, 0.1) is 18.5 Å². The van der Waals surface area contributed by atoms with Crippen LogP contribution in [0.3, 0.4) is 0 Å². The second kappa shape index (κ2) is 13.8. The van der Waals surface area contributed by atoms with Gasteiger partial charge in [0, 0.05) is 24.0 Å². The average molecular weight is 721 g/mol. The number of thiazole rings is 1. The summed E-state index contributed by atoms with van der Waals surface area (Å²) in [6, 6.07) is 0.534. The molecule has 5 rings (SSSR count). The third-order valence-electron chi connectivity index (χ3n) is 7.00. The number of carbonyl (C=O) groups excluding carboxylic acids is 3. The van der Waals surface area contributed by atoms with Gasteiger partial charge in [-0.2, -0.15) is 5.10 Å². The number of hydrogen-bond donors (Lipinski definition) is 6. The maximum Gasteiger partial charge on any atom is 0.352 e. The number of nitrogens with zero attached hydrogens (tertiary/aromatic N) is 6. The van der Waals surface area contributed by atoms with Gasteiger partial charge in [-0.3, -0.25) is 24.7 Å². The molecule has 2 aliphatic rings. The number of carboxylic acid groups (broad SMARTS) is 2. The minimum absolute atomic E-state index is 0.0242. The summed E-state index contributed by atoms with van der Waals surface area (Å²) in [6.45, 7) is 2.84. The first kappa shape index (κ1) is 34.6. The average Bonchev–Trinajstić information content (AvgIpc) is 3.68. The predicted molar refractivity (Wildman–Crippen MR) is 172 cm³/mol. The van der Waals surface area contributed by atoms with Crippen molar-refractivity contribution in [2.24, 2.45) is 11.0 Å². The number of anilines is 1. The van der Waals surface area contributed by atoms with Gasteiger partial charge in [0.25, 0.3) is 17.7 Å². The smallest absolute Gasteiger partial charge is 0.352 e. The van der Waals surface area contributed by atoms with Gasteiger partial charge in [0.1, 0.15) is 33.4 Å². The number of carbonyl (C=O) groups is 5. The number of β-lactam (4-membered cyclic amide) rings is 1. The van der Waals surface area contributed by atoms with Crippen LogP contribution in [0.1, 0.15) is 35.6 Å². The van der Waals surface area contributed by atoms with Crippen molar-refractivity contribution in [3.05, 3.63) is 45.9 Å². The Morgan fingerprint density at radius 1 is 1.23 bits per heavy atom. The molecule has 1 unspecified atom stereocenters. The fourth-order valence-electron chi connectivity index (χ4n) is 4.62. The molecular formula is C26H28N10O9S3. The number of ether oxygens (including phenoxy) is 1. The molecule has 3 aromatic heterocycles. The van der Waals surface area contributed by atoms with E-state index in [0.29, 0.717) is 16.3 Å². The number of oxime groups is 1. The van der Waals surface area contributed by atoms with Crippen molar-refractivity contribution < 1.29 is 43.8 Å². The summed E-state index contributed by atoms with van der Waals surface area (Å²) >= 11 is 3.42. The Balaban J connectivity index is 1.35. The molecule has 3 aromatic rings. The first-order valence-electron chi connectivity index (χ1n) is 13.7. The van der Waals surface area contributed by atoms with Crippen molar-refractivity contribution in [1.82, 2.24) is 35.2 Å². The molecule has 1 saturated heterocycles. The molecule has 0 bridgehead atoms. The molecule has 3 amide bonds. The lowest BCUT2D eigenvalue weighted by atomic mass is 10.0. The number of methoxy groups -OCH3 is 1. The molecule has 0 saturated carbocycles. The highest BCUT2D eigenvalue weighted by atomic mass is 32.2. The molecule has 254 valence electrons. The summed E-state index contributed by atoms with van der Waals surface area (Å²) in [4.78, 5) is 77.8. The van der Waals surface area contributed by atoms with E-state index in [4.69, 9.17) is 21.2 Å². The number of nitrogens with two attached hydrogens (primary N) is 2. The molecule has 0 radical (unpaired) electrons. The van der Waals surface area contributed by atoms with E-state index in [1.54, 1.807) is 6.07 Å². The Bertz CT molecular complexity index is 1890. The normalized spacial score (nSPS) is 18.0. The molecule has 19 nitrogen and oxygen atoms in total. The molecule has 0 aliphatic carbocycles. The highest BCUT2D eigenvalue weighted by Crippen LogP contribution is 2.41. The summed E-state index contributed by atoms with van der Waals surface area (Å²) in [5.41, 5.74) is 6.44. The highest BCUT2D eigenvalue weighted by Gasteiger charge is 2.54. The van der Waals surface area contributed by atoms with Crippen LogP contribution in [0.4, 0.5) is 5.13 Å². The van der Waals surface area contributed by atoms with Crippen molar-refractivity contribution in [3.63, 3.8) is 0 Å². The summed E-state index contributed by atoms with van der Waals surface area (Å²) in [5.74, 6) is 0.674. The summed E-state index contributed by atoms with van der Waals surface area (Å²) in [5, 5.41) is 31.4. The van der Waals surface area contributed by atoms with Gasteiger partial charge in [-0.25, -0.2) is 29.9 Å². The lowest BCUT2D eigenvalue weighted by Gasteiger charge is -2.49. The molecule has 5 heterocycles. The minimum atomic E-state index is -1.58. The number of aliphatic carboxylic acids is 1. The quantitative estimate of drug-likeness (QED) is 0.0250. The number of carboxylic acids is 2. The maximum atomic E-state index is 13.4. The van der Waals surface area contributed by atoms with Crippen molar-refractivity contribution in [2.75, 3.05) is 24.3 Å². The van der Waals surface area contributed by atoms with Crippen molar-refractivity contribution in [1.29, 1.82) is 0 Å². The lowest BCUT2D eigenvalue weighted by Crippen LogP contribution is -2.71. The van der Waals surface area contributed by atoms with Crippen LogP contribution in [-0.4, -0.2) is 106 Å². The van der Waals surface area contributed by atoms with Crippen LogP contribution < -0.4 is 22.3 Å². The Labute approximate surface area is 283 Å². The van der Waals surface area contributed by atoms with Crippen LogP contribution in [0, 0.1) is 0 Å². The number of nitrogen functional groups attached to an aromatic ring is 1. The molecule has 2 atom stereocenters. The monoisotopic (exact) mass is 720 g/mol. The van der Waals surface area contributed by atoms with E-state index in [0.717, 1.165) is 28.0 Å². The van der Waals surface area contributed by atoms with E-state index in [2.05, 4.69) is 25.5 Å². The van der Waals surface area contributed by atoms with E-state index in [-0.39, 0.29) is 51.6 Å². The first-order chi connectivity index (χ1) is 22.8. The zero-order valence-electron chi connectivity index (χ0n) is 25.3. The van der Waals surface area contributed by atoms with E-state index >= 15 is 0 Å². The summed E-state index contributed by atoms with van der Waals surface area (Å²) < 4.78 is 6.57. The van der Waals surface area contributed by atoms with Gasteiger partial charge in [0.2, 0.25) is 5.60 Å². The number of amides is 3. The van der Waals surface area contributed by atoms with E-state index < -0.39 is 46.7 Å².